The Kier molecular flexibility index (Phi) is 3.61. The molecule has 3 rings (SSSR count). The van der Waals surface area contributed by atoms with Crippen molar-refractivity contribution in [3.63, 3.8) is 0 Å². The number of imidazole rings is 1. The predicted octanol–water partition coefficient (Wildman–Crippen LogP) is 2.60. The molecule has 1 aromatic carbocycles. The van der Waals surface area contributed by atoms with Gasteiger partial charge in [-0.3, -0.25) is 0 Å². The van der Waals surface area contributed by atoms with Crippen molar-refractivity contribution in [3.05, 3.63) is 27.1 Å². The molecule has 19 heavy (non-hydrogen) atoms. The van der Waals surface area contributed by atoms with E-state index < -0.39 is 0 Å². The van der Waals surface area contributed by atoms with Crippen molar-refractivity contribution >= 4 is 32.7 Å². The number of anilines is 1. The van der Waals surface area contributed by atoms with Crippen LogP contribution < -0.4 is 11.0 Å². The molecular formula is C13H16BrN3O2. The summed E-state index contributed by atoms with van der Waals surface area (Å²) in [5.41, 5.74) is 2.46. The summed E-state index contributed by atoms with van der Waals surface area (Å²) < 4.78 is 6.42. The minimum atomic E-state index is -0.179. The predicted molar refractivity (Wildman–Crippen MR) is 78.7 cm³/mol. The van der Waals surface area contributed by atoms with Crippen LogP contribution in [0.4, 0.5) is 5.69 Å². The molecule has 1 unspecified atom stereocenters. The molecule has 102 valence electrons. The van der Waals surface area contributed by atoms with Crippen molar-refractivity contribution < 1.29 is 4.74 Å². The zero-order valence-electron chi connectivity index (χ0n) is 10.5. The van der Waals surface area contributed by atoms with Gasteiger partial charge in [-0.15, -0.1) is 0 Å². The fraction of sp³-hybridized carbons (Fsp3) is 0.462. The number of H-pyrrole nitrogens is 2. The Balaban J connectivity index is 1.86. The minimum absolute atomic E-state index is 0.179. The summed E-state index contributed by atoms with van der Waals surface area (Å²) in [6, 6.07) is 4.30. The molecule has 1 aromatic heterocycles. The van der Waals surface area contributed by atoms with Crippen LogP contribution in [0.25, 0.3) is 11.0 Å². The summed E-state index contributed by atoms with van der Waals surface area (Å²) >= 11 is 3.54. The SMILES string of the molecule is O=c1[nH]c2cc(Br)c(NC3CCCOCC3)cc2[nH]1. The van der Waals surface area contributed by atoms with Gasteiger partial charge in [-0.2, -0.15) is 0 Å². The van der Waals surface area contributed by atoms with Gasteiger partial charge in [-0.1, -0.05) is 0 Å². The lowest BCUT2D eigenvalue weighted by atomic mass is 10.1. The largest absolute Gasteiger partial charge is 0.381 e. The van der Waals surface area contributed by atoms with E-state index in [4.69, 9.17) is 4.74 Å². The van der Waals surface area contributed by atoms with Crippen molar-refractivity contribution in [2.24, 2.45) is 0 Å². The van der Waals surface area contributed by atoms with Crippen LogP contribution in [0.15, 0.2) is 21.4 Å². The molecule has 2 heterocycles. The van der Waals surface area contributed by atoms with E-state index in [1.54, 1.807) is 0 Å². The molecular weight excluding hydrogens is 310 g/mol. The summed E-state index contributed by atoms with van der Waals surface area (Å²) in [6.45, 7) is 1.65. The molecule has 1 aliphatic heterocycles. The number of nitrogens with one attached hydrogen (secondary N) is 3. The molecule has 2 aromatic rings. The highest BCUT2D eigenvalue weighted by atomic mass is 79.9. The van der Waals surface area contributed by atoms with E-state index in [2.05, 4.69) is 31.2 Å². The maximum atomic E-state index is 11.3. The van der Waals surface area contributed by atoms with Gasteiger partial charge in [0.15, 0.2) is 0 Å². The number of halogens is 1. The summed E-state index contributed by atoms with van der Waals surface area (Å²) in [7, 11) is 0. The lowest BCUT2D eigenvalue weighted by Crippen LogP contribution is -2.19. The van der Waals surface area contributed by atoms with E-state index in [1.807, 2.05) is 12.1 Å². The Morgan fingerprint density at radius 1 is 1.21 bits per heavy atom. The van der Waals surface area contributed by atoms with Crippen LogP contribution in [-0.4, -0.2) is 29.2 Å². The van der Waals surface area contributed by atoms with E-state index in [0.29, 0.717) is 6.04 Å². The first kappa shape index (κ1) is 12.7. The van der Waals surface area contributed by atoms with E-state index >= 15 is 0 Å². The molecule has 1 atom stereocenters. The second kappa shape index (κ2) is 5.38. The summed E-state index contributed by atoms with van der Waals surface area (Å²) in [5, 5.41) is 3.53. The molecule has 0 aliphatic carbocycles. The van der Waals surface area contributed by atoms with Crippen molar-refractivity contribution in [2.45, 2.75) is 25.3 Å². The zero-order valence-corrected chi connectivity index (χ0v) is 12.0. The number of benzene rings is 1. The molecule has 0 spiro atoms. The van der Waals surface area contributed by atoms with E-state index in [1.165, 1.54) is 0 Å². The Morgan fingerprint density at radius 2 is 2.00 bits per heavy atom. The Morgan fingerprint density at radius 3 is 2.84 bits per heavy atom. The van der Waals surface area contributed by atoms with Crippen LogP contribution >= 0.6 is 15.9 Å². The van der Waals surface area contributed by atoms with Crippen LogP contribution in [-0.2, 0) is 4.74 Å². The topological polar surface area (TPSA) is 69.9 Å². The van der Waals surface area contributed by atoms with Gasteiger partial charge in [-0.25, -0.2) is 4.79 Å². The number of hydrogen-bond donors (Lipinski definition) is 3. The first-order valence-corrected chi connectivity index (χ1v) is 7.27. The second-order valence-electron chi connectivity index (χ2n) is 4.84. The Bertz CT molecular complexity index is 626. The maximum Gasteiger partial charge on any atom is 0.323 e. The summed E-state index contributed by atoms with van der Waals surface area (Å²) in [6.07, 6.45) is 3.20. The van der Waals surface area contributed by atoms with E-state index in [9.17, 15) is 4.79 Å². The fourth-order valence-corrected chi connectivity index (χ4v) is 2.89. The quantitative estimate of drug-likeness (QED) is 0.794. The third-order valence-corrected chi connectivity index (χ3v) is 4.07. The van der Waals surface area contributed by atoms with Gasteiger partial charge in [0, 0.05) is 23.7 Å². The first-order chi connectivity index (χ1) is 9.22. The smallest absolute Gasteiger partial charge is 0.323 e. The lowest BCUT2D eigenvalue weighted by molar-refractivity contribution is 0.144. The molecule has 1 fully saturated rings. The van der Waals surface area contributed by atoms with Gasteiger partial charge in [-0.05, 0) is 47.3 Å². The average molecular weight is 326 g/mol. The summed E-state index contributed by atoms with van der Waals surface area (Å²) in [5.74, 6) is 0. The minimum Gasteiger partial charge on any atom is -0.381 e. The van der Waals surface area contributed by atoms with Crippen molar-refractivity contribution in [2.75, 3.05) is 18.5 Å². The Hall–Kier alpha value is -1.27. The fourth-order valence-electron chi connectivity index (χ4n) is 2.43. The third-order valence-electron chi connectivity index (χ3n) is 3.42. The molecule has 0 saturated carbocycles. The van der Waals surface area contributed by atoms with Crippen LogP contribution in [0.5, 0.6) is 0 Å². The van der Waals surface area contributed by atoms with Crippen LogP contribution in [0, 0.1) is 0 Å². The van der Waals surface area contributed by atoms with Gasteiger partial charge in [0.05, 0.1) is 16.7 Å². The zero-order chi connectivity index (χ0) is 13.2. The third kappa shape index (κ3) is 2.84. The average Bonchev–Trinajstić information content (AvgIpc) is 2.59. The number of fused-ring (bicyclic) bond motifs is 1. The van der Waals surface area contributed by atoms with Crippen molar-refractivity contribution in [3.8, 4) is 0 Å². The number of aromatic nitrogens is 2. The van der Waals surface area contributed by atoms with Gasteiger partial charge >= 0.3 is 5.69 Å². The van der Waals surface area contributed by atoms with Gasteiger partial charge in [0.1, 0.15) is 0 Å². The molecule has 0 bridgehead atoms. The van der Waals surface area contributed by atoms with Crippen LogP contribution in [0.2, 0.25) is 0 Å². The highest BCUT2D eigenvalue weighted by molar-refractivity contribution is 9.10. The van der Waals surface area contributed by atoms with Gasteiger partial charge < -0.3 is 20.0 Å². The second-order valence-corrected chi connectivity index (χ2v) is 5.70. The number of rotatable bonds is 2. The molecule has 1 aliphatic rings. The van der Waals surface area contributed by atoms with Gasteiger partial charge in [0.25, 0.3) is 0 Å². The van der Waals surface area contributed by atoms with Crippen molar-refractivity contribution in [1.82, 2.24) is 9.97 Å². The molecule has 3 N–H and O–H groups in total. The number of hydrogen-bond acceptors (Lipinski definition) is 3. The molecule has 0 radical (unpaired) electrons. The highest BCUT2D eigenvalue weighted by Gasteiger charge is 2.14. The monoisotopic (exact) mass is 325 g/mol. The van der Waals surface area contributed by atoms with Crippen LogP contribution in [0.3, 0.4) is 0 Å². The molecule has 1 saturated heterocycles. The van der Waals surface area contributed by atoms with Crippen molar-refractivity contribution in [1.29, 1.82) is 0 Å². The van der Waals surface area contributed by atoms with E-state index in [0.717, 1.165) is 53.7 Å². The number of aromatic amines is 2. The normalized spacial score (nSPS) is 20.4. The molecule has 0 amide bonds. The van der Waals surface area contributed by atoms with E-state index in [-0.39, 0.29) is 5.69 Å². The number of ether oxygens (including phenoxy) is 1. The van der Waals surface area contributed by atoms with Gasteiger partial charge in [0.2, 0.25) is 0 Å². The summed E-state index contributed by atoms with van der Waals surface area (Å²) in [4.78, 5) is 16.8. The highest BCUT2D eigenvalue weighted by Crippen LogP contribution is 2.28. The Labute approximate surface area is 118 Å². The molecule has 6 heteroatoms. The standard InChI is InChI=1S/C13H16BrN3O2/c14-9-6-11-12(17-13(18)16-11)7-10(9)15-8-2-1-4-19-5-3-8/h6-8,15H,1-5H2,(H2,16,17,18). The molecule has 5 nitrogen and oxygen atoms in total. The first-order valence-electron chi connectivity index (χ1n) is 6.48. The maximum absolute atomic E-state index is 11.3. The lowest BCUT2D eigenvalue weighted by Gasteiger charge is -2.18. The van der Waals surface area contributed by atoms with Crippen LogP contribution in [0.1, 0.15) is 19.3 Å².